The van der Waals surface area contributed by atoms with Crippen LogP contribution in [0.1, 0.15) is 43.4 Å². The number of para-hydroxylation sites is 1. The maximum atomic E-state index is 6.53. The van der Waals surface area contributed by atoms with Crippen LogP contribution in [0, 0.1) is 0 Å². The number of fused-ring (bicyclic) bond motifs is 1. The molecule has 2 aliphatic rings. The zero-order valence-electron chi connectivity index (χ0n) is 14.4. The van der Waals surface area contributed by atoms with Crippen molar-refractivity contribution in [3.05, 3.63) is 63.6 Å². The third-order valence-corrected chi connectivity index (χ3v) is 6.11. The molecule has 0 unspecified atom stereocenters. The Morgan fingerprint density at radius 1 is 1.08 bits per heavy atom. The molecule has 1 aliphatic heterocycles. The van der Waals surface area contributed by atoms with E-state index in [1.165, 1.54) is 24.8 Å². The van der Waals surface area contributed by atoms with Crippen LogP contribution in [0.4, 0.5) is 0 Å². The second kappa shape index (κ2) is 7.19. The van der Waals surface area contributed by atoms with E-state index in [0.717, 1.165) is 29.3 Å². The fourth-order valence-electron chi connectivity index (χ4n) is 4.31. The van der Waals surface area contributed by atoms with Gasteiger partial charge < -0.3 is 4.74 Å². The van der Waals surface area contributed by atoms with Gasteiger partial charge in [-0.1, -0.05) is 47.8 Å². The van der Waals surface area contributed by atoms with E-state index in [1.54, 1.807) is 0 Å². The van der Waals surface area contributed by atoms with Gasteiger partial charge in [-0.15, -0.1) is 0 Å². The van der Waals surface area contributed by atoms with E-state index < -0.39 is 0 Å². The molecule has 0 aromatic heterocycles. The minimum atomic E-state index is -0.0332. The van der Waals surface area contributed by atoms with Gasteiger partial charge in [-0.3, -0.25) is 4.90 Å². The van der Waals surface area contributed by atoms with Gasteiger partial charge in [-0.25, -0.2) is 0 Å². The van der Waals surface area contributed by atoms with Gasteiger partial charge in [0, 0.05) is 21.7 Å². The molecular formula is C21H23Cl2NO. The highest BCUT2D eigenvalue weighted by Crippen LogP contribution is 2.43. The number of hydrogen-bond acceptors (Lipinski definition) is 2. The van der Waals surface area contributed by atoms with Crippen molar-refractivity contribution in [3.63, 3.8) is 0 Å². The van der Waals surface area contributed by atoms with Crippen molar-refractivity contribution in [2.24, 2.45) is 0 Å². The van der Waals surface area contributed by atoms with E-state index in [9.17, 15) is 0 Å². The normalized spacial score (nSPS) is 26.4. The Labute approximate surface area is 159 Å². The first-order valence-corrected chi connectivity index (χ1v) is 9.84. The van der Waals surface area contributed by atoms with Crippen LogP contribution in [0.5, 0.6) is 5.75 Å². The lowest BCUT2D eigenvalue weighted by molar-refractivity contribution is 0.0343. The SMILES string of the molecule is C[C@H]1CCCCN1[C@H]1Cc2c(Cl)cc(Cl)cc2[C@@H]1Oc1ccccc1. The molecule has 25 heavy (non-hydrogen) atoms. The molecule has 4 heteroatoms. The predicted molar refractivity (Wildman–Crippen MR) is 104 cm³/mol. The number of rotatable bonds is 3. The van der Waals surface area contributed by atoms with Gasteiger partial charge in [0.2, 0.25) is 0 Å². The van der Waals surface area contributed by atoms with Crippen molar-refractivity contribution in [1.29, 1.82) is 0 Å². The molecule has 1 heterocycles. The third kappa shape index (κ3) is 3.40. The van der Waals surface area contributed by atoms with Crippen molar-refractivity contribution in [3.8, 4) is 5.75 Å². The molecule has 1 saturated heterocycles. The van der Waals surface area contributed by atoms with Crippen LogP contribution in [-0.2, 0) is 6.42 Å². The first-order valence-electron chi connectivity index (χ1n) is 9.09. The zero-order valence-corrected chi connectivity index (χ0v) is 15.9. The molecule has 1 fully saturated rings. The summed E-state index contributed by atoms with van der Waals surface area (Å²) >= 11 is 12.8. The van der Waals surface area contributed by atoms with Crippen molar-refractivity contribution in [1.82, 2.24) is 4.90 Å². The summed E-state index contributed by atoms with van der Waals surface area (Å²) in [6, 6.07) is 14.8. The lowest BCUT2D eigenvalue weighted by atomic mass is 9.99. The molecule has 2 aromatic carbocycles. The largest absolute Gasteiger partial charge is 0.484 e. The Balaban J connectivity index is 1.71. The summed E-state index contributed by atoms with van der Waals surface area (Å²) in [5.41, 5.74) is 2.33. The monoisotopic (exact) mass is 375 g/mol. The fraction of sp³-hybridized carbons (Fsp3) is 0.429. The molecule has 0 saturated carbocycles. The summed E-state index contributed by atoms with van der Waals surface area (Å²) in [6.45, 7) is 3.45. The van der Waals surface area contributed by atoms with E-state index in [0.29, 0.717) is 17.1 Å². The average Bonchev–Trinajstić information content (AvgIpc) is 2.95. The number of piperidine rings is 1. The number of likely N-dealkylation sites (tertiary alicyclic amines) is 1. The minimum Gasteiger partial charge on any atom is -0.484 e. The highest BCUT2D eigenvalue weighted by molar-refractivity contribution is 6.35. The van der Waals surface area contributed by atoms with Crippen LogP contribution in [0.25, 0.3) is 0 Å². The number of nitrogens with zero attached hydrogens (tertiary/aromatic N) is 1. The summed E-state index contributed by atoms with van der Waals surface area (Å²) < 4.78 is 6.47. The lowest BCUT2D eigenvalue weighted by Gasteiger charge is -2.40. The van der Waals surface area contributed by atoms with E-state index in [1.807, 2.05) is 42.5 Å². The van der Waals surface area contributed by atoms with Crippen molar-refractivity contribution in [2.75, 3.05) is 6.54 Å². The summed E-state index contributed by atoms with van der Waals surface area (Å²) in [5.74, 6) is 0.895. The Bertz CT molecular complexity index is 749. The van der Waals surface area contributed by atoms with Gasteiger partial charge in [-0.05, 0) is 62.6 Å². The summed E-state index contributed by atoms with van der Waals surface area (Å²) in [5, 5.41) is 1.44. The van der Waals surface area contributed by atoms with E-state index in [-0.39, 0.29) is 6.10 Å². The first-order chi connectivity index (χ1) is 12.1. The summed E-state index contributed by atoms with van der Waals surface area (Å²) in [4.78, 5) is 2.61. The van der Waals surface area contributed by atoms with Crippen LogP contribution in [0.3, 0.4) is 0 Å². The predicted octanol–water partition coefficient (Wildman–Crippen LogP) is 5.91. The van der Waals surface area contributed by atoms with E-state index in [4.69, 9.17) is 27.9 Å². The highest BCUT2D eigenvalue weighted by atomic mass is 35.5. The Kier molecular flexibility index (Phi) is 4.95. The Hall–Kier alpha value is -1.22. The summed E-state index contributed by atoms with van der Waals surface area (Å²) in [7, 11) is 0. The molecule has 3 atom stereocenters. The standard InChI is InChI=1S/C21H23Cl2NO/c1-14-7-5-6-10-24(14)20-13-17-18(11-15(22)12-19(17)23)21(20)25-16-8-3-2-4-9-16/h2-4,8-9,11-12,14,20-21H,5-7,10,13H2,1H3/t14-,20-,21-/m0/s1. The second-order valence-electron chi connectivity index (χ2n) is 7.16. The van der Waals surface area contributed by atoms with Gasteiger partial charge in [0.15, 0.2) is 0 Å². The number of hydrogen-bond donors (Lipinski definition) is 0. The second-order valence-corrected chi connectivity index (χ2v) is 8.00. The molecule has 0 amide bonds. The van der Waals surface area contributed by atoms with E-state index in [2.05, 4.69) is 11.8 Å². The van der Waals surface area contributed by atoms with Crippen LogP contribution >= 0.6 is 23.2 Å². The Morgan fingerprint density at radius 3 is 2.64 bits per heavy atom. The quantitative estimate of drug-likeness (QED) is 0.660. The Morgan fingerprint density at radius 2 is 1.88 bits per heavy atom. The first kappa shape index (κ1) is 17.2. The van der Waals surface area contributed by atoms with Crippen LogP contribution in [0.2, 0.25) is 10.0 Å². The average molecular weight is 376 g/mol. The topological polar surface area (TPSA) is 12.5 Å². The fourth-order valence-corrected chi connectivity index (χ4v) is 4.89. The van der Waals surface area contributed by atoms with Crippen molar-refractivity contribution < 1.29 is 4.74 Å². The zero-order chi connectivity index (χ0) is 17.4. The molecule has 0 bridgehead atoms. The van der Waals surface area contributed by atoms with E-state index >= 15 is 0 Å². The van der Waals surface area contributed by atoms with Gasteiger partial charge in [-0.2, -0.15) is 0 Å². The molecule has 0 spiro atoms. The molecule has 1 aliphatic carbocycles. The maximum absolute atomic E-state index is 6.53. The molecule has 132 valence electrons. The van der Waals surface area contributed by atoms with Gasteiger partial charge in [0.05, 0.1) is 6.04 Å². The molecule has 0 N–H and O–H groups in total. The number of halogens is 2. The smallest absolute Gasteiger partial charge is 0.140 e. The third-order valence-electron chi connectivity index (χ3n) is 5.55. The highest BCUT2D eigenvalue weighted by Gasteiger charge is 2.41. The number of ether oxygens (including phenoxy) is 1. The molecular weight excluding hydrogens is 353 g/mol. The van der Waals surface area contributed by atoms with Crippen molar-refractivity contribution >= 4 is 23.2 Å². The van der Waals surface area contributed by atoms with Crippen LogP contribution < -0.4 is 4.74 Å². The molecule has 0 radical (unpaired) electrons. The molecule has 4 rings (SSSR count). The van der Waals surface area contributed by atoms with Gasteiger partial charge in [0.25, 0.3) is 0 Å². The maximum Gasteiger partial charge on any atom is 0.140 e. The van der Waals surface area contributed by atoms with Gasteiger partial charge in [0.1, 0.15) is 11.9 Å². The molecule has 2 nitrogen and oxygen atoms in total. The lowest BCUT2D eigenvalue weighted by Crippen LogP contribution is -2.47. The van der Waals surface area contributed by atoms with Gasteiger partial charge >= 0.3 is 0 Å². The number of benzene rings is 2. The minimum absolute atomic E-state index is 0.0332. The van der Waals surface area contributed by atoms with Crippen LogP contribution in [-0.4, -0.2) is 23.5 Å². The van der Waals surface area contributed by atoms with Crippen LogP contribution in [0.15, 0.2) is 42.5 Å². The molecule has 2 aromatic rings. The summed E-state index contributed by atoms with van der Waals surface area (Å²) in [6.07, 6.45) is 4.71. The van der Waals surface area contributed by atoms with Crippen molar-refractivity contribution in [2.45, 2.75) is 50.8 Å².